The second-order valence-electron chi connectivity index (χ2n) is 12.0. The molecule has 4 atom stereocenters. The molecule has 1 aromatic carbocycles. The largest absolute Gasteiger partial charge is 0.372 e. The number of halogens is 2. The Morgan fingerprint density at radius 2 is 1.83 bits per heavy atom. The first-order valence-corrected chi connectivity index (χ1v) is 13.8. The van der Waals surface area contributed by atoms with Crippen molar-refractivity contribution in [2.45, 2.75) is 114 Å². The van der Waals surface area contributed by atoms with Crippen molar-refractivity contribution in [3.05, 3.63) is 34.9 Å². The van der Waals surface area contributed by atoms with E-state index in [-0.39, 0.29) is 18.2 Å². The summed E-state index contributed by atoms with van der Waals surface area (Å²) in [6.45, 7) is 0.459. The molecule has 36 heavy (non-hydrogen) atoms. The fourth-order valence-electron chi connectivity index (χ4n) is 7.43. The summed E-state index contributed by atoms with van der Waals surface area (Å²) in [4.78, 5) is 26.3. The van der Waals surface area contributed by atoms with Gasteiger partial charge in [0.25, 0.3) is 11.8 Å². The van der Waals surface area contributed by atoms with E-state index in [0.717, 1.165) is 37.7 Å². The number of rotatable bonds is 5. The van der Waals surface area contributed by atoms with Gasteiger partial charge in [0.15, 0.2) is 0 Å². The summed E-state index contributed by atoms with van der Waals surface area (Å²) in [6, 6.07) is 6.47. The standard InChI is InChI=1S/C28H37F2N3O3/c29-28(30)16-27(28)11-9-20(10-12-27)31-22-4-2-1-3-18(22)13-17-5-6-21-19(14-17)15-33(26(21)36)23-7-8-24(34)32-25(23)35/h5-6,14,18,20,22-23,25,31,35H,1-4,7-13,15-16H2,(H,32,34)/t18-,20?,22+,23?,25?,27?/m1/s1. The molecule has 1 spiro atoms. The summed E-state index contributed by atoms with van der Waals surface area (Å²) >= 11 is 0. The van der Waals surface area contributed by atoms with Crippen LogP contribution < -0.4 is 10.6 Å². The molecule has 0 bridgehead atoms. The van der Waals surface area contributed by atoms with Gasteiger partial charge in [0.2, 0.25) is 5.91 Å². The van der Waals surface area contributed by atoms with E-state index in [4.69, 9.17) is 0 Å². The van der Waals surface area contributed by atoms with Crippen molar-refractivity contribution in [2.75, 3.05) is 0 Å². The summed E-state index contributed by atoms with van der Waals surface area (Å²) in [6.07, 6.45) is 8.47. The average molecular weight is 502 g/mol. The maximum absolute atomic E-state index is 13.8. The van der Waals surface area contributed by atoms with Crippen molar-refractivity contribution in [3.63, 3.8) is 0 Å². The number of aliphatic hydroxyl groups is 1. The number of aliphatic hydroxyl groups excluding tert-OH is 1. The second kappa shape index (κ2) is 9.05. The summed E-state index contributed by atoms with van der Waals surface area (Å²) in [5, 5.41) is 16.7. The van der Waals surface area contributed by atoms with Crippen LogP contribution in [0.25, 0.3) is 0 Å². The number of nitrogens with one attached hydrogen (secondary N) is 2. The quantitative estimate of drug-likeness (QED) is 0.572. The highest BCUT2D eigenvalue weighted by atomic mass is 19.3. The topological polar surface area (TPSA) is 81.7 Å². The third-order valence-electron chi connectivity index (χ3n) is 9.75. The zero-order chi connectivity index (χ0) is 25.1. The molecule has 3 N–H and O–H groups in total. The smallest absolute Gasteiger partial charge is 0.254 e. The molecular formula is C28H37F2N3O3. The Morgan fingerprint density at radius 3 is 2.56 bits per heavy atom. The molecule has 196 valence electrons. The van der Waals surface area contributed by atoms with Gasteiger partial charge < -0.3 is 20.6 Å². The van der Waals surface area contributed by atoms with Crippen LogP contribution in [0.15, 0.2) is 18.2 Å². The maximum atomic E-state index is 13.8. The number of piperidine rings is 1. The first kappa shape index (κ1) is 24.3. The summed E-state index contributed by atoms with van der Waals surface area (Å²) in [5.41, 5.74) is 2.21. The molecular weight excluding hydrogens is 464 g/mol. The normalized spacial score (nSPS) is 37.6. The van der Waals surface area contributed by atoms with Crippen LogP contribution in [-0.4, -0.2) is 52.1 Å². The molecule has 1 saturated heterocycles. The Morgan fingerprint density at radius 1 is 1.08 bits per heavy atom. The lowest BCUT2D eigenvalue weighted by Gasteiger charge is -2.38. The molecule has 1 aromatic rings. The fraction of sp³-hybridized carbons (Fsp3) is 0.714. The molecule has 8 heteroatoms. The number of benzene rings is 1. The number of carbonyl (C=O) groups excluding carboxylic acids is 2. The highest BCUT2D eigenvalue weighted by molar-refractivity contribution is 5.98. The van der Waals surface area contributed by atoms with Crippen molar-refractivity contribution < 1.29 is 23.5 Å². The average Bonchev–Trinajstić information content (AvgIpc) is 3.22. The van der Waals surface area contributed by atoms with Crippen LogP contribution in [0.4, 0.5) is 8.78 Å². The van der Waals surface area contributed by atoms with Crippen molar-refractivity contribution in [3.8, 4) is 0 Å². The van der Waals surface area contributed by atoms with E-state index in [1.807, 2.05) is 6.07 Å². The SMILES string of the molecule is O=C1CCC(N2Cc3cc(C[C@H]4CCCC[C@@H]4NC4CCC5(CC4)CC5(F)F)ccc3C2=O)C(O)N1. The van der Waals surface area contributed by atoms with Gasteiger partial charge in [-0.25, -0.2) is 8.78 Å². The van der Waals surface area contributed by atoms with Crippen LogP contribution in [0.2, 0.25) is 0 Å². The van der Waals surface area contributed by atoms with Gasteiger partial charge >= 0.3 is 0 Å². The van der Waals surface area contributed by atoms with Gasteiger partial charge in [-0.3, -0.25) is 9.59 Å². The molecule has 0 radical (unpaired) electrons. The van der Waals surface area contributed by atoms with Crippen molar-refractivity contribution >= 4 is 11.8 Å². The first-order chi connectivity index (χ1) is 17.2. The van der Waals surface area contributed by atoms with E-state index in [9.17, 15) is 23.5 Å². The third-order valence-corrected chi connectivity index (χ3v) is 9.75. The zero-order valence-electron chi connectivity index (χ0n) is 20.8. The van der Waals surface area contributed by atoms with E-state index in [2.05, 4.69) is 22.8 Å². The van der Waals surface area contributed by atoms with Gasteiger partial charge in [-0.1, -0.05) is 25.0 Å². The molecule has 2 heterocycles. The minimum atomic E-state index is -2.43. The van der Waals surface area contributed by atoms with Crippen LogP contribution in [0.1, 0.15) is 92.1 Å². The van der Waals surface area contributed by atoms with Crippen LogP contribution in [0.5, 0.6) is 0 Å². The number of carbonyl (C=O) groups is 2. The van der Waals surface area contributed by atoms with Gasteiger partial charge in [-0.15, -0.1) is 0 Å². The number of amides is 2. The molecule has 2 amide bonds. The Hall–Kier alpha value is -2.06. The predicted octanol–water partition coefficient (Wildman–Crippen LogP) is 3.90. The van der Waals surface area contributed by atoms with E-state index >= 15 is 0 Å². The summed E-state index contributed by atoms with van der Waals surface area (Å²) < 4.78 is 27.5. The number of hydrogen-bond acceptors (Lipinski definition) is 4. The molecule has 3 aliphatic carbocycles. The summed E-state index contributed by atoms with van der Waals surface area (Å²) in [7, 11) is 0. The van der Waals surface area contributed by atoms with Crippen LogP contribution in [0.3, 0.4) is 0 Å². The fourth-order valence-corrected chi connectivity index (χ4v) is 7.43. The summed E-state index contributed by atoms with van der Waals surface area (Å²) in [5.74, 6) is -2.19. The molecule has 4 fully saturated rings. The Balaban J connectivity index is 1.09. The van der Waals surface area contributed by atoms with Gasteiger partial charge in [0.05, 0.1) is 6.04 Å². The molecule has 0 aromatic heterocycles. The number of fused-ring (bicyclic) bond motifs is 1. The van der Waals surface area contributed by atoms with E-state index < -0.39 is 23.6 Å². The van der Waals surface area contributed by atoms with Gasteiger partial charge in [0.1, 0.15) is 6.23 Å². The minimum Gasteiger partial charge on any atom is -0.372 e. The Kier molecular flexibility index (Phi) is 6.10. The number of hydrogen-bond donors (Lipinski definition) is 3. The molecule has 2 unspecified atom stereocenters. The Bertz CT molecular complexity index is 1040. The van der Waals surface area contributed by atoms with Gasteiger partial charge in [-0.05, 0) is 74.5 Å². The van der Waals surface area contributed by atoms with Gasteiger partial charge in [0, 0.05) is 42.4 Å². The second-order valence-corrected chi connectivity index (χ2v) is 12.0. The van der Waals surface area contributed by atoms with E-state index in [1.54, 1.807) is 4.90 Å². The maximum Gasteiger partial charge on any atom is 0.254 e. The molecule has 2 aliphatic heterocycles. The minimum absolute atomic E-state index is 0.0785. The lowest BCUT2D eigenvalue weighted by atomic mass is 9.78. The zero-order valence-corrected chi connectivity index (χ0v) is 20.8. The number of alkyl halides is 2. The van der Waals surface area contributed by atoms with Crippen molar-refractivity contribution in [1.82, 2.24) is 15.5 Å². The van der Waals surface area contributed by atoms with E-state index in [1.165, 1.54) is 18.4 Å². The van der Waals surface area contributed by atoms with Crippen LogP contribution in [-0.2, 0) is 17.8 Å². The van der Waals surface area contributed by atoms with Crippen molar-refractivity contribution in [2.24, 2.45) is 11.3 Å². The lowest BCUT2D eigenvalue weighted by Crippen LogP contribution is -2.55. The van der Waals surface area contributed by atoms with E-state index in [0.29, 0.717) is 55.8 Å². The third kappa shape index (κ3) is 4.34. The monoisotopic (exact) mass is 501 g/mol. The van der Waals surface area contributed by atoms with Crippen molar-refractivity contribution in [1.29, 1.82) is 0 Å². The molecule has 5 aliphatic rings. The highest BCUT2D eigenvalue weighted by Crippen LogP contribution is 2.67. The lowest BCUT2D eigenvalue weighted by molar-refractivity contribution is -0.129. The van der Waals surface area contributed by atoms with Crippen LogP contribution >= 0.6 is 0 Å². The van der Waals surface area contributed by atoms with Crippen LogP contribution in [0, 0.1) is 11.3 Å². The molecule has 6 nitrogen and oxygen atoms in total. The molecule has 6 rings (SSSR count). The first-order valence-electron chi connectivity index (χ1n) is 13.8. The molecule has 3 saturated carbocycles. The van der Waals surface area contributed by atoms with Gasteiger partial charge in [-0.2, -0.15) is 0 Å². The predicted molar refractivity (Wildman–Crippen MR) is 130 cm³/mol. The highest BCUT2D eigenvalue weighted by Gasteiger charge is 2.70. The number of nitrogens with zero attached hydrogens (tertiary/aromatic N) is 1. The Labute approximate surface area is 211 Å².